The minimum atomic E-state index is -0.599. The summed E-state index contributed by atoms with van der Waals surface area (Å²) in [5, 5.41) is 12.4. The zero-order chi connectivity index (χ0) is 23.9. The summed E-state index contributed by atoms with van der Waals surface area (Å²) in [6, 6.07) is 13.3. The Morgan fingerprint density at radius 2 is 1.79 bits per heavy atom. The summed E-state index contributed by atoms with van der Waals surface area (Å²) in [5.41, 5.74) is 2.50. The molecule has 9 nitrogen and oxygen atoms in total. The second kappa shape index (κ2) is 11.0. The van der Waals surface area contributed by atoms with Gasteiger partial charge in [-0.3, -0.25) is 14.8 Å². The molecule has 2 aromatic carbocycles. The minimum Gasteiger partial charge on any atom is -0.491 e. The fourth-order valence-corrected chi connectivity index (χ4v) is 3.67. The summed E-state index contributed by atoms with van der Waals surface area (Å²) in [5.74, 6) is 0.584. The highest BCUT2D eigenvalue weighted by Gasteiger charge is 2.19. The molecule has 180 valence electrons. The molecular formula is C25H28N2O7. The van der Waals surface area contributed by atoms with Crippen LogP contribution in [0.15, 0.2) is 52.9 Å². The highest BCUT2D eigenvalue weighted by molar-refractivity contribution is 5.96. The molecule has 0 saturated carbocycles. The van der Waals surface area contributed by atoms with Crippen LogP contribution in [-0.4, -0.2) is 49.0 Å². The van der Waals surface area contributed by atoms with Gasteiger partial charge in [0.05, 0.1) is 19.3 Å². The minimum absolute atomic E-state index is 0.134. The quantitative estimate of drug-likeness (QED) is 0.324. The Morgan fingerprint density at radius 1 is 1.06 bits per heavy atom. The monoisotopic (exact) mass is 468 g/mol. The Morgan fingerprint density at radius 3 is 2.50 bits per heavy atom. The van der Waals surface area contributed by atoms with E-state index < -0.39 is 5.91 Å². The van der Waals surface area contributed by atoms with Crippen LogP contribution in [0.25, 0.3) is 11.0 Å². The molecule has 3 aromatic rings. The number of rotatable bonds is 9. The van der Waals surface area contributed by atoms with E-state index >= 15 is 0 Å². The smallest absolute Gasteiger partial charge is 0.287 e. The topological polar surface area (TPSA) is 119 Å². The third kappa shape index (κ3) is 5.86. The van der Waals surface area contributed by atoms with Crippen molar-refractivity contribution in [3.8, 4) is 11.5 Å². The highest BCUT2D eigenvalue weighted by atomic mass is 16.5. The maximum absolute atomic E-state index is 12.8. The fraction of sp³-hybridized carbons (Fsp3) is 0.360. The molecular weight excluding hydrogens is 440 g/mol. The number of carbonyl (C=O) groups is 2. The normalized spacial score (nSPS) is 15.0. The first kappa shape index (κ1) is 23.6. The van der Waals surface area contributed by atoms with Crippen LogP contribution in [0.1, 0.15) is 47.1 Å². The number of hydrogen-bond acceptors (Lipinski definition) is 7. The number of ether oxygens (including phenoxy) is 3. The van der Waals surface area contributed by atoms with Gasteiger partial charge in [-0.25, -0.2) is 5.48 Å². The molecule has 1 saturated heterocycles. The Labute approximate surface area is 196 Å². The molecule has 9 heteroatoms. The van der Waals surface area contributed by atoms with Crippen molar-refractivity contribution in [1.29, 1.82) is 0 Å². The molecule has 0 aliphatic carbocycles. The second-order valence-corrected chi connectivity index (χ2v) is 8.09. The van der Waals surface area contributed by atoms with Gasteiger partial charge in [-0.05, 0) is 55.0 Å². The van der Waals surface area contributed by atoms with Gasteiger partial charge in [0.1, 0.15) is 29.8 Å². The predicted molar refractivity (Wildman–Crippen MR) is 123 cm³/mol. The maximum Gasteiger partial charge on any atom is 0.287 e. The van der Waals surface area contributed by atoms with Crippen molar-refractivity contribution in [2.75, 3.05) is 19.8 Å². The first-order valence-electron chi connectivity index (χ1n) is 11.3. The third-order valence-electron chi connectivity index (χ3n) is 5.68. The van der Waals surface area contributed by atoms with E-state index in [1.165, 1.54) is 12.1 Å². The van der Waals surface area contributed by atoms with Crippen molar-refractivity contribution in [3.63, 3.8) is 0 Å². The Bertz CT molecular complexity index is 1120. The average Bonchev–Trinajstić information content (AvgIpc) is 3.30. The molecule has 2 heterocycles. The summed E-state index contributed by atoms with van der Waals surface area (Å²) in [6.07, 6.45) is 2.51. The number of benzene rings is 2. The summed E-state index contributed by atoms with van der Waals surface area (Å²) in [4.78, 5) is 24.2. The van der Waals surface area contributed by atoms with Gasteiger partial charge in [0.2, 0.25) is 0 Å². The van der Waals surface area contributed by atoms with Crippen molar-refractivity contribution < 1.29 is 33.4 Å². The molecule has 1 fully saturated rings. The maximum atomic E-state index is 12.8. The van der Waals surface area contributed by atoms with Crippen LogP contribution in [-0.2, 0) is 4.74 Å². The first-order valence-corrected chi connectivity index (χ1v) is 11.3. The molecule has 1 atom stereocenters. The average molecular weight is 469 g/mol. The number of carbonyl (C=O) groups excluding carboxylic acids is 2. The lowest BCUT2D eigenvalue weighted by molar-refractivity contribution is 0.0256. The van der Waals surface area contributed by atoms with Gasteiger partial charge in [-0.1, -0.05) is 6.92 Å². The van der Waals surface area contributed by atoms with Crippen molar-refractivity contribution in [2.24, 2.45) is 0 Å². The van der Waals surface area contributed by atoms with Crippen LogP contribution < -0.4 is 20.3 Å². The summed E-state index contributed by atoms with van der Waals surface area (Å²) >= 11 is 0. The Balaban J connectivity index is 1.34. The van der Waals surface area contributed by atoms with Gasteiger partial charge < -0.3 is 23.9 Å². The zero-order valence-electron chi connectivity index (χ0n) is 18.9. The van der Waals surface area contributed by atoms with Gasteiger partial charge in [0.15, 0.2) is 5.76 Å². The van der Waals surface area contributed by atoms with E-state index in [-0.39, 0.29) is 30.4 Å². The van der Waals surface area contributed by atoms with Crippen LogP contribution in [0.4, 0.5) is 0 Å². The number of fused-ring (bicyclic) bond motifs is 1. The van der Waals surface area contributed by atoms with Gasteiger partial charge in [0.25, 0.3) is 11.8 Å². The highest BCUT2D eigenvalue weighted by Crippen LogP contribution is 2.26. The fourth-order valence-electron chi connectivity index (χ4n) is 3.67. The standard InChI is InChI=1S/C25H28N2O7/c1-2-18(15-32-19-5-3-16(4-6-19)24(28)27-30)26-25(29)23-14-17-13-21(7-8-22(17)34-23)33-20-9-11-31-12-10-20/h3-8,13-14,18,20,30H,2,9-12,15H2,1H3,(H,26,29)(H,27,28)/t18-/m0/s1. The molecule has 0 radical (unpaired) electrons. The molecule has 0 spiro atoms. The van der Waals surface area contributed by atoms with Crippen LogP contribution in [0, 0.1) is 0 Å². The zero-order valence-corrected chi connectivity index (χ0v) is 18.9. The molecule has 3 N–H and O–H groups in total. The number of furan rings is 1. The number of hydrogen-bond donors (Lipinski definition) is 3. The third-order valence-corrected chi connectivity index (χ3v) is 5.68. The lowest BCUT2D eigenvalue weighted by Gasteiger charge is -2.23. The van der Waals surface area contributed by atoms with Crippen molar-refractivity contribution in [3.05, 3.63) is 59.9 Å². The molecule has 2 amide bonds. The number of nitrogens with one attached hydrogen (secondary N) is 2. The van der Waals surface area contributed by atoms with Gasteiger partial charge in [-0.15, -0.1) is 0 Å². The molecule has 1 aromatic heterocycles. The van der Waals surface area contributed by atoms with E-state index in [0.717, 1.165) is 24.0 Å². The van der Waals surface area contributed by atoms with E-state index in [2.05, 4.69) is 5.32 Å². The van der Waals surface area contributed by atoms with E-state index in [1.54, 1.807) is 23.7 Å². The van der Waals surface area contributed by atoms with Crippen LogP contribution in [0.3, 0.4) is 0 Å². The number of amides is 2. The molecule has 0 bridgehead atoms. The van der Waals surface area contributed by atoms with Gasteiger partial charge in [0, 0.05) is 23.8 Å². The van der Waals surface area contributed by atoms with Crippen LogP contribution >= 0.6 is 0 Å². The van der Waals surface area contributed by atoms with E-state index in [0.29, 0.717) is 36.5 Å². The molecule has 1 aliphatic rings. The Kier molecular flexibility index (Phi) is 7.66. The summed E-state index contributed by atoms with van der Waals surface area (Å²) < 4.78 is 22.9. The lowest BCUT2D eigenvalue weighted by Crippen LogP contribution is -2.38. The van der Waals surface area contributed by atoms with Crippen LogP contribution in [0.2, 0.25) is 0 Å². The molecule has 34 heavy (non-hydrogen) atoms. The SMILES string of the molecule is CC[C@@H](COc1ccc(C(=O)NO)cc1)NC(=O)c1cc2cc(OC3CCOCC3)ccc2o1. The van der Waals surface area contributed by atoms with Crippen molar-refractivity contribution in [2.45, 2.75) is 38.3 Å². The van der Waals surface area contributed by atoms with Crippen molar-refractivity contribution >= 4 is 22.8 Å². The molecule has 1 aliphatic heterocycles. The summed E-state index contributed by atoms with van der Waals surface area (Å²) in [6.45, 7) is 3.60. The summed E-state index contributed by atoms with van der Waals surface area (Å²) in [7, 11) is 0. The van der Waals surface area contributed by atoms with E-state index in [9.17, 15) is 9.59 Å². The largest absolute Gasteiger partial charge is 0.491 e. The second-order valence-electron chi connectivity index (χ2n) is 8.09. The molecule has 4 rings (SSSR count). The predicted octanol–water partition coefficient (Wildman–Crippen LogP) is 3.70. The number of hydroxylamine groups is 1. The van der Waals surface area contributed by atoms with Crippen molar-refractivity contribution in [1.82, 2.24) is 10.8 Å². The van der Waals surface area contributed by atoms with Gasteiger partial charge >= 0.3 is 0 Å². The lowest BCUT2D eigenvalue weighted by atomic mass is 10.1. The molecule has 0 unspecified atom stereocenters. The van der Waals surface area contributed by atoms with Crippen LogP contribution in [0.5, 0.6) is 11.5 Å². The first-order chi connectivity index (χ1) is 16.6. The van der Waals surface area contributed by atoms with Gasteiger partial charge in [-0.2, -0.15) is 0 Å². The van der Waals surface area contributed by atoms with E-state index in [1.807, 2.05) is 25.1 Å². The van der Waals surface area contributed by atoms with E-state index in [4.69, 9.17) is 23.8 Å². The Hall–Kier alpha value is -3.56.